The standard InChI is InChI=1S/C21H21NO3S/c1-15(2)26-19-10-8-16(9-11-19)12-21(23)24-14-18-13-20(25-22-18)17-6-4-3-5-7-17/h3-11,13,15H,12,14H2,1-2H3. The zero-order valence-electron chi connectivity index (χ0n) is 14.8. The van der Waals surface area contributed by atoms with Crippen LogP contribution in [0.3, 0.4) is 0 Å². The molecule has 0 spiro atoms. The Bertz CT molecular complexity index is 841. The molecule has 3 rings (SSSR count). The minimum atomic E-state index is -0.279. The number of hydrogen-bond acceptors (Lipinski definition) is 5. The van der Waals surface area contributed by atoms with E-state index in [1.165, 1.54) is 4.90 Å². The fraction of sp³-hybridized carbons (Fsp3) is 0.238. The van der Waals surface area contributed by atoms with E-state index in [0.29, 0.717) is 16.7 Å². The average molecular weight is 367 g/mol. The molecule has 0 atom stereocenters. The van der Waals surface area contributed by atoms with Gasteiger partial charge < -0.3 is 9.26 Å². The van der Waals surface area contributed by atoms with Gasteiger partial charge in [0.2, 0.25) is 0 Å². The van der Waals surface area contributed by atoms with E-state index in [1.807, 2.05) is 54.6 Å². The van der Waals surface area contributed by atoms with Crippen molar-refractivity contribution in [2.45, 2.75) is 37.0 Å². The van der Waals surface area contributed by atoms with Crippen molar-refractivity contribution in [1.29, 1.82) is 0 Å². The number of nitrogens with zero attached hydrogens (tertiary/aromatic N) is 1. The van der Waals surface area contributed by atoms with E-state index >= 15 is 0 Å². The molecule has 0 aliphatic heterocycles. The third-order valence-corrected chi connectivity index (χ3v) is 4.66. The highest BCUT2D eigenvalue weighted by molar-refractivity contribution is 7.99. The fourth-order valence-electron chi connectivity index (χ4n) is 2.45. The van der Waals surface area contributed by atoms with E-state index in [2.05, 4.69) is 19.0 Å². The van der Waals surface area contributed by atoms with Gasteiger partial charge in [-0.25, -0.2) is 0 Å². The zero-order chi connectivity index (χ0) is 18.4. The van der Waals surface area contributed by atoms with Crippen LogP contribution in [-0.4, -0.2) is 16.4 Å². The normalized spacial score (nSPS) is 10.9. The fourth-order valence-corrected chi connectivity index (χ4v) is 3.29. The van der Waals surface area contributed by atoms with Crippen LogP contribution in [0.1, 0.15) is 25.1 Å². The summed E-state index contributed by atoms with van der Waals surface area (Å²) < 4.78 is 10.6. The molecule has 0 saturated heterocycles. The summed E-state index contributed by atoms with van der Waals surface area (Å²) in [6, 6.07) is 19.5. The Hall–Kier alpha value is -2.53. The summed E-state index contributed by atoms with van der Waals surface area (Å²) in [5.41, 5.74) is 2.48. The number of esters is 1. The molecule has 0 saturated carbocycles. The maximum absolute atomic E-state index is 12.0. The van der Waals surface area contributed by atoms with Crippen molar-refractivity contribution in [1.82, 2.24) is 5.16 Å². The first-order valence-electron chi connectivity index (χ1n) is 8.52. The number of aromatic nitrogens is 1. The molecule has 0 radical (unpaired) electrons. The Morgan fingerprint density at radius 1 is 1.12 bits per heavy atom. The first-order chi connectivity index (χ1) is 12.6. The molecule has 0 fully saturated rings. The monoisotopic (exact) mass is 367 g/mol. The third kappa shape index (κ3) is 5.23. The summed E-state index contributed by atoms with van der Waals surface area (Å²) >= 11 is 1.80. The van der Waals surface area contributed by atoms with E-state index in [9.17, 15) is 4.79 Å². The van der Waals surface area contributed by atoms with Crippen LogP contribution in [0.15, 0.2) is 70.1 Å². The van der Waals surface area contributed by atoms with Crippen LogP contribution in [-0.2, 0) is 22.6 Å². The third-order valence-electron chi connectivity index (χ3n) is 3.64. The van der Waals surface area contributed by atoms with Crippen molar-refractivity contribution < 1.29 is 14.1 Å². The molecule has 0 aliphatic carbocycles. The lowest BCUT2D eigenvalue weighted by Crippen LogP contribution is -2.08. The summed E-state index contributed by atoms with van der Waals surface area (Å²) in [4.78, 5) is 13.2. The van der Waals surface area contributed by atoms with Gasteiger partial charge in [-0.2, -0.15) is 0 Å². The minimum absolute atomic E-state index is 0.108. The predicted molar refractivity (Wildman–Crippen MR) is 103 cm³/mol. The SMILES string of the molecule is CC(C)Sc1ccc(CC(=O)OCc2cc(-c3ccccc3)on2)cc1. The highest BCUT2D eigenvalue weighted by Crippen LogP contribution is 2.23. The first kappa shape index (κ1) is 18.3. The molecule has 1 aromatic heterocycles. The van der Waals surface area contributed by atoms with E-state index in [0.717, 1.165) is 11.1 Å². The predicted octanol–water partition coefficient (Wildman–Crippen LogP) is 5.13. The van der Waals surface area contributed by atoms with Crippen LogP contribution in [0.25, 0.3) is 11.3 Å². The number of hydrogen-bond donors (Lipinski definition) is 0. The van der Waals surface area contributed by atoms with Gasteiger partial charge >= 0.3 is 5.97 Å². The van der Waals surface area contributed by atoms with Crippen LogP contribution in [0.2, 0.25) is 0 Å². The maximum Gasteiger partial charge on any atom is 0.310 e. The summed E-state index contributed by atoms with van der Waals surface area (Å²) in [5, 5.41) is 4.49. The Kier molecular flexibility index (Phi) is 6.12. The van der Waals surface area contributed by atoms with Crippen LogP contribution >= 0.6 is 11.8 Å². The Balaban J connectivity index is 1.50. The number of thioether (sulfide) groups is 1. The van der Waals surface area contributed by atoms with Gasteiger partial charge in [0.25, 0.3) is 0 Å². The van der Waals surface area contributed by atoms with Gasteiger partial charge in [0, 0.05) is 21.8 Å². The summed E-state index contributed by atoms with van der Waals surface area (Å²) in [6.45, 7) is 4.42. The number of rotatable bonds is 7. The molecule has 0 amide bonds. The lowest BCUT2D eigenvalue weighted by Gasteiger charge is -2.06. The Morgan fingerprint density at radius 3 is 2.54 bits per heavy atom. The van der Waals surface area contributed by atoms with Crippen molar-refractivity contribution in [2.24, 2.45) is 0 Å². The second kappa shape index (κ2) is 8.72. The molecular weight excluding hydrogens is 346 g/mol. The van der Waals surface area contributed by atoms with Gasteiger partial charge in [-0.3, -0.25) is 4.79 Å². The molecule has 0 unspecified atom stereocenters. The summed E-state index contributed by atoms with van der Waals surface area (Å²) in [7, 11) is 0. The van der Waals surface area contributed by atoms with Crippen molar-refractivity contribution in [3.63, 3.8) is 0 Å². The minimum Gasteiger partial charge on any atom is -0.459 e. The molecule has 0 aliphatic rings. The smallest absolute Gasteiger partial charge is 0.310 e. The van der Waals surface area contributed by atoms with E-state index < -0.39 is 0 Å². The average Bonchev–Trinajstić information content (AvgIpc) is 3.11. The molecule has 3 aromatic rings. The van der Waals surface area contributed by atoms with E-state index in [1.54, 1.807) is 17.8 Å². The summed E-state index contributed by atoms with van der Waals surface area (Å²) in [5.74, 6) is 0.383. The van der Waals surface area contributed by atoms with Crippen molar-refractivity contribution in [3.05, 3.63) is 71.9 Å². The number of carbonyl (C=O) groups excluding carboxylic acids is 1. The van der Waals surface area contributed by atoms with Gasteiger partial charge in [-0.1, -0.05) is 61.5 Å². The molecule has 0 bridgehead atoms. The van der Waals surface area contributed by atoms with Crippen molar-refractivity contribution in [3.8, 4) is 11.3 Å². The second-order valence-corrected chi connectivity index (χ2v) is 7.85. The second-order valence-electron chi connectivity index (χ2n) is 6.20. The Morgan fingerprint density at radius 2 is 1.85 bits per heavy atom. The van der Waals surface area contributed by atoms with E-state index in [-0.39, 0.29) is 19.0 Å². The van der Waals surface area contributed by atoms with Crippen molar-refractivity contribution in [2.75, 3.05) is 0 Å². The number of carbonyl (C=O) groups is 1. The van der Waals surface area contributed by atoms with Gasteiger partial charge in [-0.05, 0) is 17.7 Å². The highest BCUT2D eigenvalue weighted by Gasteiger charge is 2.10. The van der Waals surface area contributed by atoms with Crippen LogP contribution in [0.5, 0.6) is 0 Å². The highest BCUT2D eigenvalue weighted by atomic mass is 32.2. The largest absolute Gasteiger partial charge is 0.459 e. The molecule has 4 nitrogen and oxygen atoms in total. The molecule has 134 valence electrons. The van der Waals surface area contributed by atoms with Crippen LogP contribution < -0.4 is 0 Å². The molecule has 26 heavy (non-hydrogen) atoms. The molecule has 2 aromatic carbocycles. The molecule has 1 heterocycles. The molecule has 0 N–H and O–H groups in total. The van der Waals surface area contributed by atoms with Crippen LogP contribution in [0.4, 0.5) is 0 Å². The van der Waals surface area contributed by atoms with Gasteiger partial charge in [-0.15, -0.1) is 11.8 Å². The quantitative estimate of drug-likeness (QED) is 0.428. The first-order valence-corrected chi connectivity index (χ1v) is 9.40. The number of benzene rings is 2. The molecular formula is C21H21NO3S. The lowest BCUT2D eigenvalue weighted by atomic mass is 10.1. The van der Waals surface area contributed by atoms with Crippen LogP contribution in [0, 0.1) is 0 Å². The topological polar surface area (TPSA) is 52.3 Å². The van der Waals surface area contributed by atoms with Gasteiger partial charge in [0.15, 0.2) is 5.76 Å². The number of ether oxygens (including phenoxy) is 1. The zero-order valence-corrected chi connectivity index (χ0v) is 15.7. The molecule has 5 heteroatoms. The van der Waals surface area contributed by atoms with Gasteiger partial charge in [0.05, 0.1) is 6.42 Å². The van der Waals surface area contributed by atoms with Gasteiger partial charge in [0.1, 0.15) is 12.3 Å². The van der Waals surface area contributed by atoms with Crippen molar-refractivity contribution >= 4 is 17.7 Å². The van der Waals surface area contributed by atoms with E-state index in [4.69, 9.17) is 9.26 Å². The maximum atomic E-state index is 12.0. The lowest BCUT2D eigenvalue weighted by molar-refractivity contribution is -0.144. The summed E-state index contributed by atoms with van der Waals surface area (Å²) in [6.07, 6.45) is 0.246. The Labute approximate surface area is 157 Å².